The van der Waals surface area contributed by atoms with Gasteiger partial charge >= 0.3 is 0 Å². The SMILES string of the molecule is Cc1nc(N[C@H](C)c2cccc(C(F)F)c2F)c2cc(SCc3ccccc3)ncc2n1. The Morgan fingerprint density at radius 2 is 1.75 bits per heavy atom. The highest BCUT2D eigenvalue weighted by atomic mass is 32.2. The summed E-state index contributed by atoms with van der Waals surface area (Å²) in [5, 5.41) is 4.71. The molecule has 0 saturated heterocycles. The number of benzene rings is 2. The smallest absolute Gasteiger partial charge is 0.266 e. The minimum atomic E-state index is -2.88. The number of thioether (sulfide) groups is 1. The first kappa shape index (κ1) is 22.1. The minimum absolute atomic E-state index is 0.153. The lowest BCUT2D eigenvalue weighted by Crippen LogP contribution is -2.12. The van der Waals surface area contributed by atoms with Gasteiger partial charge < -0.3 is 5.32 Å². The molecule has 0 unspecified atom stereocenters. The van der Waals surface area contributed by atoms with E-state index in [1.54, 1.807) is 31.8 Å². The number of pyridine rings is 1. The second-order valence-corrected chi connectivity index (χ2v) is 8.35. The molecule has 4 aromatic rings. The van der Waals surface area contributed by atoms with E-state index >= 15 is 0 Å². The Balaban J connectivity index is 1.63. The van der Waals surface area contributed by atoms with Crippen LogP contribution in [0.5, 0.6) is 0 Å². The molecule has 1 atom stereocenters. The Morgan fingerprint density at radius 3 is 2.50 bits per heavy atom. The number of nitrogens with one attached hydrogen (secondary N) is 1. The number of hydrogen-bond acceptors (Lipinski definition) is 5. The predicted octanol–water partition coefficient (Wildman–Crippen LogP) is 6.88. The molecule has 0 spiro atoms. The van der Waals surface area contributed by atoms with Gasteiger partial charge in [-0.1, -0.05) is 48.5 Å². The van der Waals surface area contributed by atoms with Crippen molar-refractivity contribution in [2.75, 3.05) is 5.32 Å². The van der Waals surface area contributed by atoms with E-state index in [1.807, 2.05) is 24.3 Å². The fourth-order valence-corrected chi connectivity index (χ4v) is 4.24. The van der Waals surface area contributed by atoms with Gasteiger partial charge in [-0.2, -0.15) is 0 Å². The molecule has 0 bridgehead atoms. The van der Waals surface area contributed by atoms with Crippen molar-refractivity contribution in [1.29, 1.82) is 0 Å². The van der Waals surface area contributed by atoms with Crippen molar-refractivity contribution in [3.05, 3.63) is 89.1 Å². The van der Waals surface area contributed by atoms with Crippen LogP contribution >= 0.6 is 11.8 Å². The van der Waals surface area contributed by atoms with Crippen molar-refractivity contribution in [2.24, 2.45) is 0 Å². The average Bonchev–Trinajstić information content (AvgIpc) is 2.78. The predicted molar refractivity (Wildman–Crippen MR) is 121 cm³/mol. The lowest BCUT2D eigenvalue weighted by atomic mass is 10.0. The van der Waals surface area contributed by atoms with E-state index in [4.69, 9.17) is 0 Å². The number of fused-ring (bicyclic) bond motifs is 1. The molecule has 0 saturated carbocycles. The summed E-state index contributed by atoms with van der Waals surface area (Å²) >= 11 is 1.59. The van der Waals surface area contributed by atoms with Crippen LogP contribution in [0.4, 0.5) is 19.0 Å². The Morgan fingerprint density at radius 1 is 1.00 bits per heavy atom. The van der Waals surface area contributed by atoms with Crippen molar-refractivity contribution in [3.8, 4) is 0 Å². The Kier molecular flexibility index (Phi) is 6.60. The zero-order chi connectivity index (χ0) is 22.7. The van der Waals surface area contributed by atoms with E-state index in [9.17, 15) is 13.2 Å². The van der Waals surface area contributed by atoms with Crippen LogP contribution in [0.3, 0.4) is 0 Å². The van der Waals surface area contributed by atoms with E-state index in [2.05, 4.69) is 32.4 Å². The fourth-order valence-electron chi connectivity index (χ4n) is 3.40. The van der Waals surface area contributed by atoms with Crippen LogP contribution in [0.1, 0.15) is 41.9 Å². The average molecular weight is 455 g/mol. The van der Waals surface area contributed by atoms with Gasteiger partial charge in [-0.05, 0) is 25.5 Å². The summed E-state index contributed by atoms with van der Waals surface area (Å²) in [7, 11) is 0. The van der Waals surface area contributed by atoms with Crippen LogP contribution < -0.4 is 5.32 Å². The molecule has 2 aromatic heterocycles. The maximum Gasteiger partial charge on any atom is 0.266 e. The summed E-state index contributed by atoms with van der Waals surface area (Å²) in [5.41, 5.74) is 1.38. The molecular formula is C24H21F3N4S. The van der Waals surface area contributed by atoms with Crippen LogP contribution in [-0.4, -0.2) is 15.0 Å². The molecule has 0 fully saturated rings. The van der Waals surface area contributed by atoms with Crippen molar-refractivity contribution >= 4 is 28.5 Å². The van der Waals surface area contributed by atoms with Gasteiger partial charge in [0.25, 0.3) is 6.43 Å². The Labute approximate surface area is 188 Å². The van der Waals surface area contributed by atoms with Gasteiger partial charge in [-0.3, -0.25) is 0 Å². The quantitative estimate of drug-likeness (QED) is 0.309. The fraction of sp³-hybridized carbons (Fsp3) is 0.208. The number of aryl methyl sites for hydroxylation is 1. The maximum absolute atomic E-state index is 14.6. The summed E-state index contributed by atoms with van der Waals surface area (Å²) in [5.74, 6) is 0.890. The monoisotopic (exact) mass is 454 g/mol. The number of anilines is 1. The number of rotatable bonds is 7. The second kappa shape index (κ2) is 9.56. The van der Waals surface area contributed by atoms with Gasteiger partial charge in [0.15, 0.2) is 0 Å². The molecule has 1 N–H and O–H groups in total. The third kappa shape index (κ3) is 4.85. The van der Waals surface area contributed by atoms with Gasteiger partial charge in [0.2, 0.25) is 0 Å². The topological polar surface area (TPSA) is 50.7 Å². The van der Waals surface area contributed by atoms with E-state index in [1.165, 1.54) is 17.7 Å². The normalized spacial score (nSPS) is 12.3. The molecule has 164 valence electrons. The number of hydrogen-bond donors (Lipinski definition) is 1. The van der Waals surface area contributed by atoms with E-state index < -0.39 is 23.8 Å². The molecule has 0 aliphatic rings. The van der Waals surface area contributed by atoms with Gasteiger partial charge in [0.05, 0.1) is 28.3 Å². The third-order valence-electron chi connectivity index (χ3n) is 5.01. The van der Waals surface area contributed by atoms with E-state index in [0.717, 1.165) is 22.2 Å². The Hall–Kier alpha value is -3.13. The molecule has 0 amide bonds. The first-order chi connectivity index (χ1) is 15.4. The van der Waals surface area contributed by atoms with Gasteiger partial charge in [-0.25, -0.2) is 28.1 Å². The van der Waals surface area contributed by atoms with Crippen LogP contribution in [0.25, 0.3) is 10.9 Å². The second-order valence-electron chi connectivity index (χ2n) is 7.35. The first-order valence-corrected chi connectivity index (χ1v) is 11.0. The third-order valence-corrected chi connectivity index (χ3v) is 6.01. The summed E-state index contributed by atoms with van der Waals surface area (Å²) in [6, 6.07) is 15.4. The molecule has 4 rings (SSSR count). The van der Waals surface area contributed by atoms with Gasteiger partial charge in [0.1, 0.15) is 17.5 Å². The summed E-state index contributed by atoms with van der Waals surface area (Å²) in [6.45, 7) is 3.47. The first-order valence-electron chi connectivity index (χ1n) is 10.1. The number of aromatic nitrogens is 3. The highest BCUT2D eigenvalue weighted by Crippen LogP contribution is 2.31. The summed E-state index contributed by atoms with van der Waals surface area (Å²) in [6.07, 6.45) is -1.19. The number of alkyl halides is 2. The van der Waals surface area contributed by atoms with Crippen LogP contribution in [0.2, 0.25) is 0 Å². The molecule has 0 aliphatic carbocycles. The summed E-state index contributed by atoms with van der Waals surface area (Å²) < 4.78 is 40.8. The van der Waals surface area contributed by atoms with Crippen molar-refractivity contribution in [2.45, 2.75) is 37.1 Å². The zero-order valence-electron chi connectivity index (χ0n) is 17.5. The highest BCUT2D eigenvalue weighted by Gasteiger charge is 2.20. The lowest BCUT2D eigenvalue weighted by Gasteiger charge is -2.18. The Bertz CT molecular complexity index is 1230. The van der Waals surface area contributed by atoms with Gasteiger partial charge in [-0.15, -0.1) is 11.8 Å². The molecule has 2 aromatic carbocycles. The highest BCUT2D eigenvalue weighted by molar-refractivity contribution is 7.98. The van der Waals surface area contributed by atoms with E-state index in [0.29, 0.717) is 17.2 Å². The van der Waals surface area contributed by atoms with Crippen LogP contribution in [-0.2, 0) is 5.75 Å². The molecular weight excluding hydrogens is 433 g/mol. The van der Waals surface area contributed by atoms with Gasteiger partial charge in [0, 0.05) is 16.7 Å². The molecule has 8 heteroatoms. The van der Waals surface area contributed by atoms with Crippen LogP contribution in [0, 0.1) is 12.7 Å². The largest absolute Gasteiger partial charge is 0.363 e. The van der Waals surface area contributed by atoms with E-state index in [-0.39, 0.29) is 5.56 Å². The summed E-state index contributed by atoms with van der Waals surface area (Å²) in [4.78, 5) is 13.4. The molecule has 0 aliphatic heterocycles. The van der Waals surface area contributed by atoms with Crippen molar-refractivity contribution in [3.63, 3.8) is 0 Å². The van der Waals surface area contributed by atoms with Crippen molar-refractivity contribution in [1.82, 2.24) is 15.0 Å². The minimum Gasteiger partial charge on any atom is -0.363 e. The molecule has 2 heterocycles. The molecule has 0 radical (unpaired) electrons. The molecule has 32 heavy (non-hydrogen) atoms. The molecule has 4 nitrogen and oxygen atoms in total. The standard InChI is InChI=1S/C24H21F3N4S/c1-14(17-9-6-10-18(22(17)25)23(26)27)29-24-19-11-21(28-12-20(19)30-15(2)31-24)32-13-16-7-4-3-5-8-16/h3-12,14,23H,13H2,1-2H3,(H,29,30,31)/t14-/m1/s1. The van der Waals surface area contributed by atoms with Crippen molar-refractivity contribution < 1.29 is 13.2 Å². The van der Waals surface area contributed by atoms with Crippen LogP contribution in [0.15, 0.2) is 65.8 Å². The lowest BCUT2D eigenvalue weighted by molar-refractivity contribution is 0.146. The number of nitrogens with zero attached hydrogens (tertiary/aromatic N) is 3. The number of halogens is 3. The maximum atomic E-state index is 14.6. The zero-order valence-corrected chi connectivity index (χ0v) is 18.3.